The number of anilines is 6. The highest BCUT2D eigenvalue weighted by atomic mass is 16.5. The van der Waals surface area contributed by atoms with Gasteiger partial charge in [-0.3, -0.25) is 0 Å². The van der Waals surface area contributed by atoms with E-state index in [1.54, 1.807) is 0 Å². The maximum atomic E-state index is 6.80. The van der Waals surface area contributed by atoms with Crippen LogP contribution in [0.5, 0.6) is 11.5 Å². The van der Waals surface area contributed by atoms with Crippen LogP contribution in [0, 0.1) is 0 Å². The maximum absolute atomic E-state index is 6.80. The SMILES string of the molecule is CC1(C)c2ccccc2N(c2ccc(-n3ccc4c3ccc3c5ccccc5n(-c5ccccc5)c34)cc2)c2ccccc21.c1ccc(-c2ccc(-c3cccc4c3oc3c(-c5ccc(-n6ccc7c6ccc6c8ccccc8n(-c8ccccc8)c67)cc5)cccc34)cc2)cc1.c1ccc(-n2c3ccccc3c3ccc4c(ccn4-c4cccc(N5c6ccccc6Oc6ccccc65)c4)c32)cc1. The summed E-state index contributed by atoms with van der Waals surface area (Å²) in [5, 5.41) is 13.5. The third-order valence-electron chi connectivity index (χ3n) is 28.7. The first-order valence-electron chi connectivity index (χ1n) is 47.6. The normalized spacial score (nSPS) is 12.6. The van der Waals surface area contributed by atoms with Crippen LogP contribution < -0.4 is 14.5 Å². The van der Waals surface area contributed by atoms with Gasteiger partial charge in [0.1, 0.15) is 11.2 Å². The number of furan rings is 1. The predicted octanol–water partition coefficient (Wildman–Crippen LogP) is 34.8. The quantitative estimate of drug-likeness (QED) is 0.129. The Hall–Kier alpha value is -18.4. The van der Waals surface area contributed by atoms with Crippen LogP contribution in [0.25, 0.3) is 188 Å². The predicted molar refractivity (Wildman–Crippen MR) is 578 cm³/mol. The van der Waals surface area contributed by atoms with Crippen molar-refractivity contribution in [3.8, 4) is 79.0 Å². The van der Waals surface area contributed by atoms with Crippen LogP contribution in [0.2, 0.25) is 0 Å². The first-order chi connectivity index (χ1) is 68.8. The van der Waals surface area contributed by atoms with Crippen molar-refractivity contribution in [2.24, 2.45) is 0 Å². The standard InChI is InChI=1S/C50H32N2O.C41H31N3.C38H25N3O/c1-3-11-33(12-4-1)34-21-23-35(24-22-34)39-16-9-18-43-44-19-10-17-40(50(44)53-49(39)43)36-25-27-37(28-26-36)51-32-31-45-46(51)30-29-42-41-15-7-8-20-47(41)52(48(42)45)38-13-5-2-6-14-38;1-41(2)34-15-7-10-18-38(34)43(39-19-11-8-16-35(39)41)30-22-20-28(21-23-30)42-27-26-33-36(42)25-24-32-31-14-6-9-17-37(31)44(40(32)33)29-12-4-3-5-13-29;1-2-11-26(12-3-1)41-33-16-5-4-15-29(33)30-21-22-32-31(38(30)41)23-24-39(32)27-13-10-14-28(25-27)40-34-17-6-8-19-36(34)42-37-20-9-7-18-35(37)40/h1-32H;3-27H,1-2H3;1-25H. The van der Waals surface area contributed by atoms with Gasteiger partial charge in [0.25, 0.3) is 0 Å². The molecule has 2 aliphatic heterocycles. The van der Waals surface area contributed by atoms with E-state index in [0.717, 1.165) is 107 Å². The topological polar surface area (TPSA) is 58.4 Å². The van der Waals surface area contributed by atoms with E-state index >= 15 is 0 Å². The Bertz CT molecular complexity index is 9410. The van der Waals surface area contributed by atoms with Gasteiger partial charge in [-0.2, -0.15) is 0 Å². The summed E-state index contributed by atoms with van der Waals surface area (Å²) < 4.78 is 27.2. The Labute approximate surface area is 802 Å². The number of hydrogen-bond donors (Lipinski definition) is 0. The van der Waals surface area contributed by atoms with Crippen LogP contribution in [0.1, 0.15) is 25.0 Å². The molecule has 29 rings (SSSR count). The summed E-state index contributed by atoms with van der Waals surface area (Å²) in [6.07, 6.45) is 6.59. The third kappa shape index (κ3) is 13.0. The highest BCUT2D eigenvalue weighted by Crippen LogP contribution is 2.55. The smallest absolute Gasteiger partial charge is 0.151 e. The molecule has 0 radical (unpaired) electrons. The fourth-order valence-electron chi connectivity index (χ4n) is 22.3. The van der Waals surface area contributed by atoms with Gasteiger partial charge < -0.3 is 46.4 Å². The fourth-order valence-corrected chi connectivity index (χ4v) is 22.3. The molecule has 0 bridgehead atoms. The number of rotatable bonds is 11. The second-order valence-corrected chi connectivity index (χ2v) is 36.7. The molecule has 0 saturated carbocycles. The number of aromatic nitrogens is 6. The van der Waals surface area contributed by atoms with Gasteiger partial charge in [0, 0.05) is 140 Å². The van der Waals surface area contributed by atoms with Crippen molar-refractivity contribution in [1.82, 2.24) is 27.4 Å². The summed E-state index contributed by atoms with van der Waals surface area (Å²) in [7, 11) is 0. The Morgan fingerprint density at radius 2 is 0.511 bits per heavy atom. The van der Waals surface area contributed by atoms with Crippen molar-refractivity contribution >= 4 is 154 Å². The van der Waals surface area contributed by atoms with Crippen molar-refractivity contribution in [2.45, 2.75) is 19.3 Å². The zero-order valence-electron chi connectivity index (χ0n) is 76.2. The molecule has 20 aromatic carbocycles. The lowest BCUT2D eigenvalue weighted by Crippen LogP contribution is -2.30. The van der Waals surface area contributed by atoms with Crippen LogP contribution in [-0.2, 0) is 5.41 Å². The number of nitrogens with zero attached hydrogens (tertiary/aromatic N) is 8. The van der Waals surface area contributed by atoms with E-state index in [-0.39, 0.29) is 5.41 Å². The molecule has 0 amide bonds. The Kier molecular flexibility index (Phi) is 18.8. The van der Waals surface area contributed by atoms with Crippen molar-refractivity contribution in [3.63, 3.8) is 0 Å². The van der Waals surface area contributed by atoms with Crippen LogP contribution in [0.4, 0.5) is 34.1 Å². The van der Waals surface area contributed by atoms with Crippen LogP contribution in [0.3, 0.4) is 0 Å². The molecule has 0 unspecified atom stereocenters. The first-order valence-corrected chi connectivity index (χ1v) is 47.6. The van der Waals surface area contributed by atoms with Gasteiger partial charge in [0.15, 0.2) is 11.5 Å². The molecule has 27 aromatic rings. The molecule has 10 heteroatoms. The van der Waals surface area contributed by atoms with E-state index < -0.39 is 0 Å². The molecule has 0 fully saturated rings. The van der Waals surface area contributed by atoms with Crippen molar-refractivity contribution < 1.29 is 9.15 Å². The zero-order chi connectivity index (χ0) is 91.9. The van der Waals surface area contributed by atoms with Crippen molar-refractivity contribution in [1.29, 1.82) is 0 Å². The number of hydrogen-bond acceptors (Lipinski definition) is 4. The summed E-state index contributed by atoms with van der Waals surface area (Å²) in [5.41, 5.74) is 35.8. The fraction of sp³-hybridized carbons (Fsp3) is 0.0233. The second-order valence-electron chi connectivity index (χ2n) is 36.7. The molecule has 0 N–H and O–H groups in total. The van der Waals surface area contributed by atoms with Crippen LogP contribution in [0.15, 0.2) is 502 Å². The molecular formula is C129H88N8O2. The van der Waals surface area contributed by atoms with E-state index in [0.29, 0.717) is 0 Å². The number of fused-ring (bicyclic) bond motifs is 22. The largest absolute Gasteiger partial charge is 0.455 e. The Morgan fingerprint density at radius 1 is 0.194 bits per heavy atom. The molecule has 10 nitrogen and oxygen atoms in total. The van der Waals surface area contributed by atoms with E-state index in [1.807, 2.05) is 24.3 Å². The summed E-state index contributed by atoms with van der Waals surface area (Å²) in [6, 6.07) is 171. The minimum absolute atomic E-state index is 0.0682. The van der Waals surface area contributed by atoms with Gasteiger partial charge >= 0.3 is 0 Å². The van der Waals surface area contributed by atoms with E-state index in [1.165, 1.54) is 137 Å². The van der Waals surface area contributed by atoms with Gasteiger partial charge in [0.05, 0.1) is 72.4 Å². The molecule has 2 aliphatic rings. The van der Waals surface area contributed by atoms with Crippen LogP contribution >= 0.6 is 0 Å². The Morgan fingerprint density at radius 3 is 0.957 bits per heavy atom. The number of ether oxygens (including phenoxy) is 1. The lowest BCUT2D eigenvalue weighted by atomic mass is 9.73. The Balaban J connectivity index is 0.000000106. The van der Waals surface area contributed by atoms with Gasteiger partial charge in [-0.25, -0.2) is 0 Å². The molecule has 0 spiro atoms. The average Bonchev–Trinajstić information content (AvgIpc) is 1.72. The summed E-state index contributed by atoms with van der Waals surface area (Å²) in [5.74, 6) is 1.70. The molecule has 9 heterocycles. The number of para-hydroxylation sites is 14. The van der Waals surface area contributed by atoms with Gasteiger partial charge in [-0.15, -0.1) is 0 Å². The van der Waals surface area contributed by atoms with Crippen LogP contribution in [-0.4, -0.2) is 27.4 Å². The zero-order valence-corrected chi connectivity index (χ0v) is 76.2. The monoisotopic (exact) mass is 1780 g/mol. The molecular weight excluding hydrogens is 1690 g/mol. The molecule has 7 aromatic heterocycles. The molecule has 656 valence electrons. The molecule has 0 aliphatic carbocycles. The highest BCUT2D eigenvalue weighted by molar-refractivity contribution is 6.22. The number of benzene rings is 20. The van der Waals surface area contributed by atoms with Crippen molar-refractivity contribution in [2.75, 3.05) is 9.80 Å². The van der Waals surface area contributed by atoms with E-state index in [9.17, 15) is 0 Å². The minimum Gasteiger partial charge on any atom is -0.455 e. The minimum atomic E-state index is -0.0682. The first kappa shape index (κ1) is 80.3. The van der Waals surface area contributed by atoms with E-state index in [2.05, 4.69) is 525 Å². The lowest BCUT2D eigenvalue weighted by molar-refractivity contribution is 0.477. The van der Waals surface area contributed by atoms with Gasteiger partial charge in [-0.1, -0.05) is 311 Å². The highest BCUT2D eigenvalue weighted by Gasteiger charge is 2.37. The lowest BCUT2D eigenvalue weighted by Gasteiger charge is -2.42. The molecule has 139 heavy (non-hydrogen) atoms. The summed E-state index contributed by atoms with van der Waals surface area (Å²) in [6.45, 7) is 4.66. The van der Waals surface area contributed by atoms with Gasteiger partial charge in [-0.05, 0) is 215 Å². The molecule has 0 saturated heterocycles. The van der Waals surface area contributed by atoms with Crippen molar-refractivity contribution in [3.05, 3.63) is 509 Å². The van der Waals surface area contributed by atoms with E-state index in [4.69, 9.17) is 9.15 Å². The maximum Gasteiger partial charge on any atom is 0.151 e. The summed E-state index contributed by atoms with van der Waals surface area (Å²) >= 11 is 0. The molecule has 0 atom stereocenters. The van der Waals surface area contributed by atoms with Gasteiger partial charge in [0.2, 0.25) is 0 Å². The summed E-state index contributed by atoms with van der Waals surface area (Å²) in [4.78, 5) is 4.70. The second kappa shape index (κ2) is 32.5. The average molecular weight is 1780 g/mol. The third-order valence-corrected chi connectivity index (χ3v) is 28.7.